The Morgan fingerprint density at radius 1 is 1.43 bits per heavy atom. The summed E-state index contributed by atoms with van der Waals surface area (Å²) in [5.74, 6) is 1.54. The van der Waals surface area contributed by atoms with Crippen LogP contribution in [0, 0.1) is 0 Å². The van der Waals surface area contributed by atoms with Crippen LogP contribution in [0.3, 0.4) is 0 Å². The van der Waals surface area contributed by atoms with Gasteiger partial charge in [-0.05, 0) is 20.3 Å². The molecule has 2 N–H and O–H groups in total. The molecule has 2 aromatic rings. The van der Waals surface area contributed by atoms with E-state index in [1.165, 1.54) is 0 Å². The minimum absolute atomic E-state index is 0.198. The molecule has 7 heteroatoms. The number of imidazole rings is 1. The van der Waals surface area contributed by atoms with Gasteiger partial charge in [-0.25, -0.2) is 4.98 Å². The summed E-state index contributed by atoms with van der Waals surface area (Å²) in [7, 11) is 0. The molecule has 1 aliphatic heterocycles. The first-order chi connectivity index (χ1) is 10.2. The monoisotopic (exact) mass is 290 g/mol. The molecule has 2 atom stereocenters. The van der Waals surface area contributed by atoms with Gasteiger partial charge in [-0.2, -0.15) is 9.97 Å². The lowest BCUT2D eigenvalue weighted by atomic mass is 10.1. The lowest BCUT2D eigenvalue weighted by Crippen LogP contribution is -2.49. The summed E-state index contributed by atoms with van der Waals surface area (Å²) in [6, 6.07) is 0.331. The maximum atomic E-state index is 5.78. The molecule has 3 heterocycles. The van der Waals surface area contributed by atoms with Crippen molar-refractivity contribution >= 4 is 22.9 Å². The zero-order valence-electron chi connectivity index (χ0n) is 12.8. The third-order valence-corrected chi connectivity index (χ3v) is 3.81. The highest BCUT2D eigenvalue weighted by atomic mass is 16.5. The molecule has 0 radical (unpaired) electrons. The van der Waals surface area contributed by atoms with Crippen LogP contribution >= 0.6 is 0 Å². The van der Waals surface area contributed by atoms with Gasteiger partial charge in [-0.1, -0.05) is 6.92 Å². The summed E-state index contributed by atoms with van der Waals surface area (Å²) in [6.07, 6.45) is 2.88. The summed E-state index contributed by atoms with van der Waals surface area (Å²) in [5, 5.41) is 3.18. The fraction of sp³-hybridized carbons (Fsp3) is 0.643. The Morgan fingerprint density at radius 2 is 2.29 bits per heavy atom. The van der Waals surface area contributed by atoms with Gasteiger partial charge in [0.1, 0.15) is 5.52 Å². The van der Waals surface area contributed by atoms with E-state index in [1.807, 2.05) is 6.92 Å². The summed E-state index contributed by atoms with van der Waals surface area (Å²) >= 11 is 0. The maximum Gasteiger partial charge on any atom is 0.226 e. The van der Waals surface area contributed by atoms with E-state index >= 15 is 0 Å². The minimum Gasteiger partial charge on any atom is -0.375 e. The highest BCUT2D eigenvalue weighted by molar-refractivity contribution is 5.84. The van der Waals surface area contributed by atoms with E-state index in [4.69, 9.17) is 9.72 Å². The van der Waals surface area contributed by atoms with E-state index in [-0.39, 0.29) is 6.10 Å². The highest BCUT2D eigenvalue weighted by Gasteiger charge is 2.29. The average molecular weight is 290 g/mol. The maximum absolute atomic E-state index is 5.78. The number of rotatable bonds is 4. The Hall–Kier alpha value is -1.89. The summed E-state index contributed by atoms with van der Waals surface area (Å²) in [5.41, 5.74) is 1.59. The van der Waals surface area contributed by atoms with Crippen LogP contribution in [-0.4, -0.2) is 51.8 Å². The van der Waals surface area contributed by atoms with E-state index in [0.29, 0.717) is 17.6 Å². The molecule has 1 fully saturated rings. The number of H-pyrrole nitrogens is 1. The number of hydrogen-bond donors (Lipinski definition) is 2. The van der Waals surface area contributed by atoms with Crippen molar-refractivity contribution in [2.45, 2.75) is 39.3 Å². The molecule has 114 valence electrons. The first-order valence-electron chi connectivity index (χ1n) is 7.56. The number of nitrogens with one attached hydrogen (secondary N) is 2. The highest BCUT2D eigenvalue weighted by Crippen LogP contribution is 2.28. The number of nitrogens with zero attached hydrogens (tertiary/aromatic N) is 4. The molecule has 0 amide bonds. The van der Waals surface area contributed by atoms with E-state index in [2.05, 4.69) is 39.0 Å². The molecule has 0 aromatic carbocycles. The van der Waals surface area contributed by atoms with Gasteiger partial charge in [-0.3, -0.25) is 0 Å². The number of morpholine rings is 1. The Bertz CT molecular complexity index is 613. The number of hydrogen-bond acceptors (Lipinski definition) is 6. The molecule has 21 heavy (non-hydrogen) atoms. The molecule has 0 aliphatic carbocycles. The van der Waals surface area contributed by atoms with Crippen LogP contribution in [0.1, 0.15) is 27.2 Å². The van der Waals surface area contributed by atoms with Crippen molar-refractivity contribution in [1.82, 2.24) is 19.9 Å². The van der Waals surface area contributed by atoms with Gasteiger partial charge in [0.25, 0.3) is 0 Å². The number of ether oxygens (including phenoxy) is 1. The lowest BCUT2D eigenvalue weighted by molar-refractivity contribution is 0.0297. The van der Waals surface area contributed by atoms with E-state index < -0.39 is 0 Å². The van der Waals surface area contributed by atoms with Crippen LogP contribution in [-0.2, 0) is 4.74 Å². The molecule has 2 aromatic heterocycles. The van der Waals surface area contributed by atoms with Gasteiger partial charge in [-0.15, -0.1) is 0 Å². The molecular weight excluding hydrogens is 268 g/mol. The Morgan fingerprint density at radius 3 is 3.05 bits per heavy atom. The quantitative estimate of drug-likeness (QED) is 0.893. The number of anilines is 2. The molecule has 2 unspecified atom stereocenters. The Kier molecular flexibility index (Phi) is 3.92. The zero-order valence-corrected chi connectivity index (χ0v) is 12.8. The first-order valence-corrected chi connectivity index (χ1v) is 7.56. The first kappa shape index (κ1) is 14.1. The Balaban J connectivity index is 2.05. The van der Waals surface area contributed by atoms with Crippen molar-refractivity contribution in [3.05, 3.63) is 6.33 Å². The summed E-state index contributed by atoms with van der Waals surface area (Å²) in [4.78, 5) is 18.9. The number of aromatic amines is 1. The topological polar surface area (TPSA) is 79.0 Å². The Labute approximate surface area is 124 Å². The SMILES string of the molecule is CCNc1nc(N2CC(C)OCC2CC)c2[nH]cnc2n1. The van der Waals surface area contributed by atoms with Crippen molar-refractivity contribution in [2.75, 3.05) is 29.9 Å². The molecule has 0 bridgehead atoms. The van der Waals surface area contributed by atoms with E-state index in [0.717, 1.165) is 37.5 Å². The van der Waals surface area contributed by atoms with E-state index in [9.17, 15) is 0 Å². The molecule has 3 rings (SSSR count). The smallest absolute Gasteiger partial charge is 0.226 e. The fourth-order valence-corrected chi connectivity index (χ4v) is 2.70. The van der Waals surface area contributed by atoms with Crippen LogP contribution in [0.25, 0.3) is 11.2 Å². The molecule has 1 saturated heterocycles. The third-order valence-electron chi connectivity index (χ3n) is 3.81. The van der Waals surface area contributed by atoms with Crippen molar-refractivity contribution < 1.29 is 4.74 Å². The minimum atomic E-state index is 0.198. The predicted octanol–water partition coefficient (Wildman–Crippen LogP) is 1.79. The van der Waals surface area contributed by atoms with Crippen molar-refractivity contribution in [3.63, 3.8) is 0 Å². The van der Waals surface area contributed by atoms with Crippen LogP contribution in [0.5, 0.6) is 0 Å². The van der Waals surface area contributed by atoms with Crippen LogP contribution in [0.2, 0.25) is 0 Å². The van der Waals surface area contributed by atoms with Gasteiger partial charge in [0.15, 0.2) is 11.5 Å². The number of aromatic nitrogens is 4. The molecule has 1 aliphatic rings. The third kappa shape index (κ3) is 2.65. The van der Waals surface area contributed by atoms with Crippen LogP contribution in [0.15, 0.2) is 6.33 Å². The molecule has 0 spiro atoms. The van der Waals surface area contributed by atoms with Gasteiger partial charge in [0.05, 0.1) is 25.1 Å². The second kappa shape index (κ2) is 5.85. The predicted molar refractivity (Wildman–Crippen MR) is 82.7 cm³/mol. The van der Waals surface area contributed by atoms with Gasteiger partial charge < -0.3 is 19.9 Å². The largest absolute Gasteiger partial charge is 0.375 e. The van der Waals surface area contributed by atoms with Crippen molar-refractivity contribution in [3.8, 4) is 0 Å². The summed E-state index contributed by atoms with van der Waals surface area (Å²) in [6.45, 7) is 8.64. The van der Waals surface area contributed by atoms with Crippen LogP contribution < -0.4 is 10.2 Å². The average Bonchev–Trinajstić information content (AvgIpc) is 2.95. The zero-order chi connectivity index (χ0) is 14.8. The van der Waals surface area contributed by atoms with Gasteiger partial charge >= 0.3 is 0 Å². The van der Waals surface area contributed by atoms with Gasteiger partial charge in [0, 0.05) is 13.1 Å². The van der Waals surface area contributed by atoms with Crippen molar-refractivity contribution in [2.24, 2.45) is 0 Å². The van der Waals surface area contributed by atoms with Crippen LogP contribution in [0.4, 0.5) is 11.8 Å². The standard InChI is InChI=1S/C14H22N6O/c1-4-10-7-21-9(3)6-20(10)13-11-12(17-8-16-11)18-14(19-13)15-5-2/h8-10H,4-7H2,1-3H3,(H2,15,16,17,18,19). The lowest BCUT2D eigenvalue weighted by Gasteiger charge is -2.39. The molecule has 0 saturated carbocycles. The molecular formula is C14H22N6O. The second-order valence-corrected chi connectivity index (χ2v) is 5.36. The second-order valence-electron chi connectivity index (χ2n) is 5.36. The number of fused-ring (bicyclic) bond motifs is 1. The fourth-order valence-electron chi connectivity index (χ4n) is 2.70. The van der Waals surface area contributed by atoms with Crippen molar-refractivity contribution in [1.29, 1.82) is 0 Å². The normalized spacial score (nSPS) is 22.7. The molecule has 7 nitrogen and oxygen atoms in total. The van der Waals surface area contributed by atoms with Gasteiger partial charge in [0.2, 0.25) is 5.95 Å². The van der Waals surface area contributed by atoms with E-state index in [1.54, 1.807) is 6.33 Å². The summed E-state index contributed by atoms with van der Waals surface area (Å²) < 4.78 is 5.78.